The largest absolute Gasteiger partial charge is 0.282 e. The van der Waals surface area contributed by atoms with Crippen molar-refractivity contribution in [3.05, 3.63) is 83.0 Å². The van der Waals surface area contributed by atoms with Gasteiger partial charge in [0.2, 0.25) is 0 Å². The van der Waals surface area contributed by atoms with Gasteiger partial charge in [-0.05, 0) is 57.0 Å². The van der Waals surface area contributed by atoms with E-state index < -0.39 is 0 Å². The van der Waals surface area contributed by atoms with Crippen molar-refractivity contribution in [1.82, 2.24) is 9.38 Å². The van der Waals surface area contributed by atoms with Crippen molar-refractivity contribution in [1.29, 1.82) is 0 Å². The number of rotatable bonds is 3. The number of pyridine rings is 1. The Labute approximate surface area is 159 Å². The van der Waals surface area contributed by atoms with Crippen LogP contribution >= 0.6 is 0 Å². The molecule has 0 unspecified atom stereocenters. The van der Waals surface area contributed by atoms with Crippen LogP contribution < -0.4 is 0 Å². The van der Waals surface area contributed by atoms with Gasteiger partial charge in [0.15, 0.2) is 5.82 Å². The van der Waals surface area contributed by atoms with E-state index in [4.69, 9.17) is 4.98 Å². The van der Waals surface area contributed by atoms with E-state index in [9.17, 15) is 0 Å². The predicted octanol–water partition coefficient (Wildman–Crippen LogP) is 6.65. The monoisotopic (exact) mass is 354 g/mol. The van der Waals surface area contributed by atoms with Gasteiger partial charge in [-0.15, -0.1) is 10.2 Å². The molecule has 0 aliphatic rings. The first-order valence-corrected chi connectivity index (χ1v) is 9.06. The van der Waals surface area contributed by atoms with Crippen molar-refractivity contribution in [3.8, 4) is 11.3 Å². The maximum atomic E-state index is 4.85. The van der Waals surface area contributed by atoms with Gasteiger partial charge in [-0.2, -0.15) is 0 Å². The van der Waals surface area contributed by atoms with Crippen LogP contribution in [0.15, 0.2) is 71.0 Å². The number of hydrogen-bond acceptors (Lipinski definition) is 3. The number of hydrogen-bond donors (Lipinski definition) is 0. The second-order valence-electron chi connectivity index (χ2n) is 7.07. The molecule has 2 aromatic carbocycles. The molecule has 2 heterocycles. The number of nitrogens with zero attached hydrogens (tertiary/aromatic N) is 4. The Hall–Kier alpha value is -3.27. The molecule has 4 rings (SSSR count). The molecule has 134 valence electrons. The number of benzene rings is 2. The highest BCUT2D eigenvalue weighted by Crippen LogP contribution is 2.34. The average Bonchev–Trinajstić information content (AvgIpc) is 2.99. The van der Waals surface area contributed by atoms with Crippen molar-refractivity contribution >= 4 is 17.2 Å². The molecule has 0 radical (unpaired) electrons. The second kappa shape index (κ2) is 6.80. The van der Waals surface area contributed by atoms with Crippen LogP contribution in [0.1, 0.15) is 22.3 Å². The van der Waals surface area contributed by atoms with Crippen LogP contribution in [0.25, 0.3) is 16.9 Å². The molecule has 4 aromatic rings. The molecule has 0 saturated carbocycles. The lowest BCUT2D eigenvalue weighted by Crippen LogP contribution is -1.86. The van der Waals surface area contributed by atoms with E-state index in [-0.39, 0.29) is 0 Å². The smallest absolute Gasteiger partial charge is 0.187 e. The van der Waals surface area contributed by atoms with E-state index >= 15 is 0 Å². The Balaban J connectivity index is 1.90. The molecule has 0 amide bonds. The van der Waals surface area contributed by atoms with Crippen molar-refractivity contribution in [2.24, 2.45) is 10.2 Å². The van der Waals surface area contributed by atoms with Crippen molar-refractivity contribution in [2.75, 3.05) is 0 Å². The summed E-state index contributed by atoms with van der Waals surface area (Å²) in [6, 6.07) is 18.5. The van der Waals surface area contributed by atoms with Gasteiger partial charge in [0.25, 0.3) is 0 Å². The summed E-state index contributed by atoms with van der Waals surface area (Å²) in [6.45, 7) is 8.34. The van der Waals surface area contributed by atoms with Crippen LogP contribution in [0.5, 0.6) is 0 Å². The summed E-state index contributed by atoms with van der Waals surface area (Å²) in [6.07, 6.45) is 2.05. The van der Waals surface area contributed by atoms with E-state index in [1.807, 2.05) is 34.7 Å². The third-order valence-electron chi connectivity index (χ3n) is 4.67. The molecule has 27 heavy (non-hydrogen) atoms. The normalized spacial score (nSPS) is 11.6. The molecule has 0 aliphatic carbocycles. The predicted molar refractivity (Wildman–Crippen MR) is 110 cm³/mol. The molecule has 0 bridgehead atoms. The zero-order valence-electron chi connectivity index (χ0n) is 16.1. The van der Waals surface area contributed by atoms with Crippen molar-refractivity contribution < 1.29 is 0 Å². The lowest BCUT2D eigenvalue weighted by Gasteiger charge is -2.05. The molecule has 4 nitrogen and oxygen atoms in total. The van der Waals surface area contributed by atoms with Gasteiger partial charge in [0, 0.05) is 11.8 Å². The van der Waals surface area contributed by atoms with E-state index in [1.165, 1.54) is 16.7 Å². The van der Waals surface area contributed by atoms with Gasteiger partial charge in [-0.25, -0.2) is 4.98 Å². The lowest BCUT2D eigenvalue weighted by atomic mass is 10.0. The third kappa shape index (κ3) is 3.38. The highest BCUT2D eigenvalue weighted by atomic mass is 15.2. The van der Waals surface area contributed by atoms with E-state index in [2.05, 4.69) is 68.4 Å². The Morgan fingerprint density at radius 1 is 0.741 bits per heavy atom. The fourth-order valence-electron chi connectivity index (χ4n) is 3.21. The van der Waals surface area contributed by atoms with E-state index in [0.29, 0.717) is 0 Å². The molecule has 0 saturated heterocycles. The molecule has 0 spiro atoms. The Morgan fingerprint density at radius 2 is 1.44 bits per heavy atom. The third-order valence-corrected chi connectivity index (χ3v) is 4.67. The number of imidazole rings is 1. The minimum absolute atomic E-state index is 0.751. The van der Waals surface area contributed by atoms with Gasteiger partial charge in [0.05, 0.1) is 5.69 Å². The van der Waals surface area contributed by atoms with Crippen molar-refractivity contribution in [2.45, 2.75) is 27.7 Å². The molecule has 2 aromatic heterocycles. The molecule has 0 aliphatic heterocycles. The van der Waals surface area contributed by atoms with Gasteiger partial charge < -0.3 is 0 Å². The summed E-state index contributed by atoms with van der Waals surface area (Å²) < 4.78 is 2.02. The molecule has 0 N–H and O–H groups in total. The zero-order valence-corrected chi connectivity index (χ0v) is 16.1. The molecular weight excluding hydrogens is 332 g/mol. The first kappa shape index (κ1) is 17.2. The van der Waals surface area contributed by atoms with Crippen LogP contribution in [0.2, 0.25) is 0 Å². The summed E-state index contributed by atoms with van der Waals surface area (Å²) in [7, 11) is 0. The van der Waals surface area contributed by atoms with Gasteiger partial charge >= 0.3 is 0 Å². The quantitative estimate of drug-likeness (QED) is 0.380. The van der Waals surface area contributed by atoms with Gasteiger partial charge in [-0.3, -0.25) is 4.40 Å². The van der Waals surface area contributed by atoms with Crippen LogP contribution in [0.3, 0.4) is 0 Å². The average molecular weight is 354 g/mol. The van der Waals surface area contributed by atoms with Crippen LogP contribution in [-0.4, -0.2) is 9.38 Å². The standard InChI is InChI=1S/C23H22N4/c1-15-5-9-19(10-6-15)25-26-23-22(20-11-7-16(2)13-18(20)4)24-21-12-8-17(3)14-27(21)23/h5-14H,1-4H3. The zero-order chi connectivity index (χ0) is 19.0. The Kier molecular flexibility index (Phi) is 4.32. The highest BCUT2D eigenvalue weighted by molar-refractivity contribution is 5.77. The minimum Gasteiger partial charge on any atom is -0.282 e. The van der Waals surface area contributed by atoms with Crippen LogP contribution in [-0.2, 0) is 0 Å². The Morgan fingerprint density at radius 3 is 2.19 bits per heavy atom. The Bertz CT molecular complexity index is 1150. The topological polar surface area (TPSA) is 42.0 Å². The van der Waals surface area contributed by atoms with Gasteiger partial charge in [0.1, 0.15) is 11.3 Å². The number of fused-ring (bicyclic) bond motifs is 1. The molecule has 0 atom stereocenters. The van der Waals surface area contributed by atoms with Crippen molar-refractivity contribution in [3.63, 3.8) is 0 Å². The fraction of sp³-hybridized carbons (Fsp3) is 0.174. The lowest BCUT2D eigenvalue weighted by molar-refractivity contribution is 1.09. The summed E-state index contributed by atoms with van der Waals surface area (Å²) in [5.41, 5.74) is 8.41. The fourth-order valence-corrected chi connectivity index (χ4v) is 3.21. The van der Waals surface area contributed by atoms with E-state index in [1.54, 1.807) is 0 Å². The number of aromatic nitrogens is 2. The number of aryl methyl sites for hydroxylation is 4. The first-order chi connectivity index (χ1) is 13.0. The summed E-state index contributed by atoms with van der Waals surface area (Å²) in [4.78, 5) is 4.85. The molecular formula is C23H22N4. The minimum atomic E-state index is 0.751. The molecule has 0 fully saturated rings. The maximum absolute atomic E-state index is 4.85. The highest BCUT2D eigenvalue weighted by Gasteiger charge is 2.16. The summed E-state index contributed by atoms with van der Waals surface area (Å²) in [5.74, 6) is 0.751. The van der Waals surface area contributed by atoms with Gasteiger partial charge in [-0.1, -0.05) is 47.5 Å². The number of azo groups is 1. The summed E-state index contributed by atoms with van der Waals surface area (Å²) in [5, 5.41) is 9.07. The second-order valence-corrected chi connectivity index (χ2v) is 7.07. The summed E-state index contributed by atoms with van der Waals surface area (Å²) >= 11 is 0. The molecule has 4 heteroatoms. The van der Waals surface area contributed by atoms with E-state index in [0.717, 1.165) is 34.0 Å². The van der Waals surface area contributed by atoms with Crippen LogP contribution in [0, 0.1) is 27.7 Å². The van der Waals surface area contributed by atoms with Crippen LogP contribution in [0.4, 0.5) is 11.5 Å². The first-order valence-electron chi connectivity index (χ1n) is 9.06. The SMILES string of the molecule is Cc1ccc(N=Nc2c(-c3ccc(C)cc3C)nc3ccc(C)cn23)cc1. The maximum Gasteiger partial charge on any atom is 0.187 e.